The van der Waals surface area contributed by atoms with E-state index in [1.165, 1.54) is 0 Å². The lowest BCUT2D eigenvalue weighted by Crippen LogP contribution is -2.61. The van der Waals surface area contributed by atoms with Crippen LogP contribution in [0.15, 0.2) is 10.2 Å². The minimum atomic E-state index is -0.948. The van der Waals surface area contributed by atoms with Gasteiger partial charge in [0, 0.05) is 11.3 Å². The summed E-state index contributed by atoms with van der Waals surface area (Å²) in [4.78, 5) is 12.5. The van der Waals surface area contributed by atoms with E-state index in [1.807, 2.05) is 27.7 Å². The van der Waals surface area contributed by atoms with Crippen LogP contribution < -0.4 is 0 Å². The van der Waals surface area contributed by atoms with E-state index in [2.05, 4.69) is 24.1 Å². The summed E-state index contributed by atoms with van der Waals surface area (Å²) in [5.41, 5.74) is -1.19. The van der Waals surface area contributed by atoms with Gasteiger partial charge in [0.25, 0.3) is 0 Å². The third-order valence-electron chi connectivity index (χ3n) is 4.08. The van der Waals surface area contributed by atoms with Gasteiger partial charge in [-0.2, -0.15) is 10.2 Å². The summed E-state index contributed by atoms with van der Waals surface area (Å²) < 4.78 is 11.5. The Labute approximate surface area is 114 Å². The number of hydrogen-bond acceptors (Lipinski definition) is 5. The Hall–Kier alpha value is -0.970. The SMILES string of the molecule is CC(C)[C@@H]1CN=N[C@@]12C(=O)O[C@H](C(C)(C)C)O[C@@H]2C. The number of carbonyl (C=O) groups is 1. The molecule has 5 nitrogen and oxygen atoms in total. The summed E-state index contributed by atoms with van der Waals surface area (Å²) in [6.07, 6.45) is -0.833. The third kappa shape index (κ3) is 2.18. The molecule has 0 aromatic heterocycles. The molecule has 1 fully saturated rings. The van der Waals surface area contributed by atoms with Crippen LogP contribution >= 0.6 is 0 Å². The van der Waals surface area contributed by atoms with Crippen LogP contribution in [-0.2, 0) is 14.3 Å². The van der Waals surface area contributed by atoms with E-state index in [1.54, 1.807) is 0 Å². The fraction of sp³-hybridized carbons (Fsp3) is 0.929. The summed E-state index contributed by atoms with van der Waals surface area (Å²) in [7, 11) is 0. The van der Waals surface area contributed by atoms with Crippen LogP contribution in [0.25, 0.3) is 0 Å². The van der Waals surface area contributed by atoms with Gasteiger partial charge in [-0.25, -0.2) is 4.79 Å². The lowest BCUT2D eigenvalue weighted by Gasteiger charge is -2.45. The molecule has 0 aliphatic carbocycles. The molecule has 2 aliphatic rings. The fourth-order valence-electron chi connectivity index (χ4n) is 2.81. The normalized spacial score (nSPS) is 39.1. The molecule has 4 atom stereocenters. The highest BCUT2D eigenvalue weighted by Gasteiger charge is 2.60. The number of hydrogen-bond donors (Lipinski definition) is 0. The largest absolute Gasteiger partial charge is 0.433 e. The summed E-state index contributed by atoms with van der Waals surface area (Å²) in [6.45, 7) is 12.6. The summed E-state index contributed by atoms with van der Waals surface area (Å²) in [6, 6.07) is 0. The van der Waals surface area contributed by atoms with Gasteiger partial charge in [-0.3, -0.25) is 0 Å². The van der Waals surface area contributed by atoms with Crippen LogP contribution in [0, 0.1) is 17.3 Å². The number of esters is 1. The van der Waals surface area contributed by atoms with E-state index in [-0.39, 0.29) is 23.4 Å². The zero-order valence-electron chi connectivity index (χ0n) is 12.6. The third-order valence-corrected chi connectivity index (χ3v) is 4.08. The maximum Gasteiger partial charge on any atom is 0.341 e. The number of carbonyl (C=O) groups excluding carboxylic acids is 1. The molecule has 2 rings (SSSR count). The van der Waals surface area contributed by atoms with Gasteiger partial charge in [0.1, 0.15) is 0 Å². The van der Waals surface area contributed by atoms with E-state index >= 15 is 0 Å². The topological polar surface area (TPSA) is 60.2 Å². The maximum absolute atomic E-state index is 12.5. The van der Waals surface area contributed by atoms with Crippen molar-refractivity contribution in [1.29, 1.82) is 0 Å². The zero-order chi connectivity index (χ0) is 14.4. The van der Waals surface area contributed by atoms with Crippen molar-refractivity contribution in [2.75, 3.05) is 6.54 Å². The van der Waals surface area contributed by atoms with Crippen molar-refractivity contribution < 1.29 is 14.3 Å². The Morgan fingerprint density at radius 3 is 2.47 bits per heavy atom. The van der Waals surface area contributed by atoms with Gasteiger partial charge in [-0.05, 0) is 12.8 Å². The van der Waals surface area contributed by atoms with Gasteiger partial charge in [-0.15, -0.1) is 0 Å². The Balaban J connectivity index is 2.30. The summed E-state index contributed by atoms with van der Waals surface area (Å²) in [5.74, 6) is 0.0711. The van der Waals surface area contributed by atoms with Crippen molar-refractivity contribution >= 4 is 5.97 Å². The van der Waals surface area contributed by atoms with Gasteiger partial charge in [0.15, 0.2) is 0 Å². The molecule has 0 aromatic rings. The molecule has 5 heteroatoms. The minimum Gasteiger partial charge on any atom is -0.433 e. The molecule has 1 saturated heterocycles. The quantitative estimate of drug-likeness (QED) is 0.687. The number of rotatable bonds is 1. The van der Waals surface area contributed by atoms with Crippen molar-refractivity contribution in [3.63, 3.8) is 0 Å². The molecule has 2 heterocycles. The fourth-order valence-corrected chi connectivity index (χ4v) is 2.81. The van der Waals surface area contributed by atoms with Gasteiger partial charge < -0.3 is 9.47 Å². The van der Waals surface area contributed by atoms with Crippen LogP contribution in [0.2, 0.25) is 0 Å². The Bertz CT molecular complexity index is 400. The second-order valence-corrected chi connectivity index (χ2v) is 6.98. The first kappa shape index (κ1) is 14.4. The first-order valence-electron chi connectivity index (χ1n) is 6.94. The minimum absolute atomic E-state index is 0.0518. The van der Waals surface area contributed by atoms with E-state index < -0.39 is 11.8 Å². The molecule has 0 N–H and O–H groups in total. The predicted molar refractivity (Wildman–Crippen MR) is 70.7 cm³/mol. The summed E-state index contributed by atoms with van der Waals surface area (Å²) in [5, 5.41) is 8.33. The number of cyclic esters (lactones) is 1. The highest BCUT2D eigenvalue weighted by atomic mass is 16.7. The van der Waals surface area contributed by atoms with Crippen molar-refractivity contribution in [1.82, 2.24) is 0 Å². The monoisotopic (exact) mass is 268 g/mol. The number of azo groups is 1. The van der Waals surface area contributed by atoms with Crippen molar-refractivity contribution in [2.24, 2.45) is 27.5 Å². The Kier molecular flexibility index (Phi) is 3.45. The second-order valence-electron chi connectivity index (χ2n) is 6.98. The van der Waals surface area contributed by atoms with E-state index in [4.69, 9.17) is 9.47 Å². The predicted octanol–water partition coefficient (Wildman–Crippen LogP) is 2.80. The van der Waals surface area contributed by atoms with Gasteiger partial charge in [-0.1, -0.05) is 34.6 Å². The van der Waals surface area contributed by atoms with Crippen molar-refractivity contribution in [2.45, 2.75) is 59.5 Å². The van der Waals surface area contributed by atoms with E-state index in [9.17, 15) is 4.79 Å². The second kappa shape index (κ2) is 4.54. The molecule has 0 saturated carbocycles. The molecule has 108 valence electrons. The Morgan fingerprint density at radius 2 is 2.00 bits per heavy atom. The van der Waals surface area contributed by atoms with Crippen LogP contribution in [0.5, 0.6) is 0 Å². The molecular formula is C14H24N2O3. The lowest BCUT2D eigenvalue weighted by atomic mass is 9.74. The highest BCUT2D eigenvalue weighted by Crippen LogP contribution is 2.44. The van der Waals surface area contributed by atoms with Crippen molar-refractivity contribution in [3.8, 4) is 0 Å². The molecule has 1 spiro atoms. The molecule has 0 amide bonds. The molecule has 19 heavy (non-hydrogen) atoms. The smallest absolute Gasteiger partial charge is 0.341 e. The van der Waals surface area contributed by atoms with Crippen molar-refractivity contribution in [3.05, 3.63) is 0 Å². The van der Waals surface area contributed by atoms with Gasteiger partial charge in [0.2, 0.25) is 11.8 Å². The van der Waals surface area contributed by atoms with Crippen LogP contribution in [0.4, 0.5) is 0 Å². The standard InChI is InChI=1S/C14H24N2O3/c1-8(2)10-7-15-16-14(10)9(3)18-12(13(4,5)6)19-11(14)17/h8-10,12H,7H2,1-6H3/t9-,10+,12-,14-/m1/s1. The molecule has 0 radical (unpaired) electrons. The summed E-state index contributed by atoms with van der Waals surface area (Å²) >= 11 is 0. The molecule has 0 unspecified atom stereocenters. The lowest BCUT2D eigenvalue weighted by molar-refractivity contribution is -0.262. The maximum atomic E-state index is 12.5. The highest BCUT2D eigenvalue weighted by molar-refractivity contribution is 5.83. The van der Waals surface area contributed by atoms with Gasteiger partial charge >= 0.3 is 5.97 Å². The van der Waals surface area contributed by atoms with Crippen LogP contribution in [0.3, 0.4) is 0 Å². The first-order chi connectivity index (χ1) is 8.69. The number of ether oxygens (including phenoxy) is 2. The Morgan fingerprint density at radius 1 is 1.37 bits per heavy atom. The average Bonchev–Trinajstić information content (AvgIpc) is 2.70. The molecule has 2 aliphatic heterocycles. The molecule has 0 aromatic carbocycles. The van der Waals surface area contributed by atoms with E-state index in [0.717, 1.165) is 0 Å². The number of nitrogens with zero attached hydrogens (tertiary/aromatic N) is 2. The van der Waals surface area contributed by atoms with Crippen LogP contribution in [0.1, 0.15) is 41.5 Å². The molecular weight excluding hydrogens is 244 g/mol. The van der Waals surface area contributed by atoms with Crippen LogP contribution in [-0.4, -0.2) is 30.4 Å². The molecule has 0 bridgehead atoms. The zero-order valence-corrected chi connectivity index (χ0v) is 12.6. The van der Waals surface area contributed by atoms with Gasteiger partial charge in [0.05, 0.1) is 12.6 Å². The first-order valence-corrected chi connectivity index (χ1v) is 6.94. The van der Waals surface area contributed by atoms with E-state index in [0.29, 0.717) is 12.5 Å². The average molecular weight is 268 g/mol.